The molecule has 2 nitrogen and oxygen atoms in total. The van der Waals surface area contributed by atoms with Crippen molar-refractivity contribution in [1.29, 1.82) is 0 Å². The average Bonchev–Trinajstić information content (AvgIpc) is 2.22. The maximum Gasteiger partial charge on any atom is 0.306 e. The summed E-state index contributed by atoms with van der Waals surface area (Å²) in [5.74, 6) is 2.69. The van der Waals surface area contributed by atoms with Gasteiger partial charge in [-0.25, -0.2) is 0 Å². The van der Waals surface area contributed by atoms with Gasteiger partial charge in [0, 0.05) is 17.4 Å². The van der Waals surface area contributed by atoms with Gasteiger partial charge in [-0.2, -0.15) is 11.8 Å². The molecule has 0 amide bonds. The minimum atomic E-state index is 0.00491. The van der Waals surface area contributed by atoms with E-state index in [-0.39, 0.29) is 12.1 Å². The second-order valence-electron chi connectivity index (χ2n) is 2.53. The molecular formula is C6H8O2S. The SMILES string of the molecule is O=C1CC2CSCC2O1. The average molecular weight is 144 g/mol. The molecule has 2 unspecified atom stereocenters. The van der Waals surface area contributed by atoms with Crippen molar-refractivity contribution in [3.05, 3.63) is 0 Å². The van der Waals surface area contributed by atoms with Gasteiger partial charge in [0.05, 0.1) is 6.42 Å². The fourth-order valence-corrected chi connectivity index (χ4v) is 2.67. The summed E-state index contributed by atoms with van der Waals surface area (Å²) in [6, 6.07) is 0. The molecule has 0 aromatic rings. The molecule has 2 aliphatic rings. The molecule has 2 atom stereocenters. The van der Waals surface area contributed by atoms with Crippen LogP contribution in [-0.2, 0) is 9.53 Å². The third-order valence-corrected chi connectivity index (χ3v) is 3.08. The first-order valence-corrected chi connectivity index (χ1v) is 4.29. The summed E-state index contributed by atoms with van der Waals surface area (Å²) >= 11 is 1.89. The van der Waals surface area contributed by atoms with Gasteiger partial charge in [-0.1, -0.05) is 0 Å². The second-order valence-corrected chi connectivity index (χ2v) is 3.60. The fraction of sp³-hybridized carbons (Fsp3) is 0.833. The van der Waals surface area contributed by atoms with E-state index in [2.05, 4.69) is 0 Å². The molecule has 0 aromatic carbocycles. The zero-order valence-electron chi connectivity index (χ0n) is 5.00. The van der Waals surface area contributed by atoms with Crippen LogP contribution in [0.2, 0.25) is 0 Å². The Bertz CT molecular complexity index is 132. The van der Waals surface area contributed by atoms with Crippen LogP contribution in [0.25, 0.3) is 0 Å². The molecule has 50 valence electrons. The van der Waals surface area contributed by atoms with Crippen molar-refractivity contribution in [2.45, 2.75) is 12.5 Å². The van der Waals surface area contributed by atoms with E-state index in [0.29, 0.717) is 12.3 Å². The van der Waals surface area contributed by atoms with Crippen LogP contribution in [0.4, 0.5) is 0 Å². The molecule has 2 aliphatic heterocycles. The Morgan fingerprint density at radius 1 is 1.56 bits per heavy atom. The van der Waals surface area contributed by atoms with Crippen LogP contribution in [0.15, 0.2) is 0 Å². The number of carbonyl (C=O) groups is 1. The number of ether oxygens (including phenoxy) is 1. The van der Waals surface area contributed by atoms with Gasteiger partial charge in [-0.15, -0.1) is 0 Å². The van der Waals surface area contributed by atoms with Gasteiger partial charge < -0.3 is 4.74 Å². The second kappa shape index (κ2) is 1.90. The predicted molar refractivity (Wildman–Crippen MR) is 35.3 cm³/mol. The Hall–Kier alpha value is -0.180. The van der Waals surface area contributed by atoms with E-state index < -0.39 is 0 Å². The van der Waals surface area contributed by atoms with Crippen LogP contribution in [0.5, 0.6) is 0 Å². The first-order valence-electron chi connectivity index (χ1n) is 3.13. The minimum Gasteiger partial charge on any atom is -0.461 e. The van der Waals surface area contributed by atoms with Gasteiger partial charge in [-0.05, 0) is 0 Å². The third-order valence-electron chi connectivity index (χ3n) is 1.85. The van der Waals surface area contributed by atoms with Gasteiger partial charge >= 0.3 is 5.97 Å². The highest BCUT2D eigenvalue weighted by Crippen LogP contribution is 2.34. The van der Waals surface area contributed by atoms with Crippen LogP contribution in [0.3, 0.4) is 0 Å². The summed E-state index contributed by atoms with van der Waals surface area (Å²) in [5.41, 5.74) is 0. The van der Waals surface area contributed by atoms with Gasteiger partial charge in [-0.3, -0.25) is 4.79 Å². The van der Waals surface area contributed by atoms with E-state index in [1.165, 1.54) is 0 Å². The Labute approximate surface area is 58.0 Å². The van der Waals surface area contributed by atoms with Crippen molar-refractivity contribution in [2.75, 3.05) is 11.5 Å². The lowest BCUT2D eigenvalue weighted by atomic mass is 10.1. The van der Waals surface area contributed by atoms with Gasteiger partial charge in [0.25, 0.3) is 0 Å². The maximum atomic E-state index is 10.6. The summed E-state index contributed by atoms with van der Waals surface area (Å²) in [7, 11) is 0. The van der Waals surface area contributed by atoms with Gasteiger partial charge in [0.15, 0.2) is 0 Å². The van der Waals surface area contributed by atoms with E-state index >= 15 is 0 Å². The van der Waals surface area contributed by atoms with E-state index in [1.54, 1.807) is 0 Å². The summed E-state index contributed by atoms with van der Waals surface area (Å²) in [6.07, 6.45) is 0.931. The minimum absolute atomic E-state index is 0.00491. The standard InChI is InChI=1S/C6H8O2S/c7-6-1-4-2-9-3-5(4)8-6/h4-5H,1-3H2. The van der Waals surface area contributed by atoms with Crippen LogP contribution < -0.4 is 0 Å². The lowest BCUT2D eigenvalue weighted by molar-refractivity contribution is -0.140. The molecule has 2 saturated heterocycles. The maximum absolute atomic E-state index is 10.6. The molecule has 9 heavy (non-hydrogen) atoms. The van der Waals surface area contributed by atoms with Crippen molar-refractivity contribution in [2.24, 2.45) is 5.92 Å². The van der Waals surface area contributed by atoms with Crippen molar-refractivity contribution < 1.29 is 9.53 Å². The van der Waals surface area contributed by atoms with E-state index in [9.17, 15) is 4.79 Å². The molecule has 2 rings (SSSR count). The van der Waals surface area contributed by atoms with E-state index in [0.717, 1.165) is 11.5 Å². The highest BCUT2D eigenvalue weighted by Gasteiger charge is 2.38. The molecule has 0 bridgehead atoms. The zero-order chi connectivity index (χ0) is 6.27. The Balaban J connectivity index is 2.09. The number of rotatable bonds is 0. The number of thioether (sulfide) groups is 1. The first kappa shape index (κ1) is 5.59. The molecule has 0 spiro atoms. The lowest BCUT2D eigenvalue weighted by Crippen LogP contribution is -2.12. The number of fused-ring (bicyclic) bond motifs is 1. The Morgan fingerprint density at radius 2 is 2.44 bits per heavy atom. The van der Waals surface area contributed by atoms with Crippen molar-refractivity contribution in [3.8, 4) is 0 Å². The summed E-state index contributed by atoms with van der Waals surface area (Å²) in [4.78, 5) is 10.6. The predicted octanol–water partition coefficient (Wildman–Crippen LogP) is 0.665. The van der Waals surface area contributed by atoms with Gasteiger partial charge in [0.2, 0.25) is 0 Å². The largest absolute Gasteiger partial charge is 0.461 e. The highest BCUT2D eigenvalue weighted by molar-refractivity contribution is 7.99. The Kier molecular flexibility index (Phi) is 1.18. The zero-order valence-corrected chi connectivity index (χ0v) is 5.82. The normalized spacial score (nSPS) is 40.7. The first-order chi connectivity index (χ1) is 4.36. The summed E-state index contributed by atoms with van der Waals surface area (Å²) in [5, 5.41) is 0. The highest BCUT2D eigenvalue weighted by atomic mass is 32.2. The number of hydrogen-bond acceptors (Lipinski definition) is 3. The smallest absolute Gasteiger partial charge is 0.306 e. The molecule has 0 N–H and O–H groups in total. The third kappa shape index (κ3) is 0.834. The van der Waals surface area contributed by atoms with E-state index in [4.69, 9.17) is 4.74 Å². The molecule has 0 aromatic heterocycles. The molecular weight excluding hydrogens is 136 g/mol. The fourth-order valence-electron chi connectivity index (χ4n) is 1.33. The van der Waals surface area contributed by atoms with Crippen molar-refractivity contribution in [3.63, 3.8) is 0 Å². The van der Waals surface area contributed by atoms with Crippen LogP contribution >= 0.6 is 11.8 Å². The monoisotopic (exact) mass is 144 g/mol. The topological polar surface area (TPSA) is 26.3 Å². The molecule has 3 heteroatoms. The van der Waals surface area contributed by atoms with Gasteiger partial charge in [0.1, 0.15) is 6.10 Å². The molecule has 2 heterocycles. The molecule has 0 saturated carbocycles. The molecule has 0 aliphatic carbocycles. The molecule has 0 radical (unpaired) electrons. The van der Waals surface area contributed by atoms with Crippen LogP contribution in [0, 0.1) is 5.92 Å². The summed E-state index contributed by atoms with van der Waals surface area (Å²) in [6.45, 7) is 0. The number of carbonyl (C=O) groups excluding carboxylic acids is 1. The summed E-state index contributed by atoms with van der Waals surface area (Å²) < 4.78 is 5.03. The lowest BCUT2D eigenvalue weighted by Gasteiger charge is -2.02. The van der Waals surface area contributed by atoms with Crippen molar-refractivity contribution in [1.82, 2.24) is 0 Å². The molecule has 2 fully saturated rings. The van der Waals surface area contributed by atoms with Crippen LogP contribution in [-0.4, -0.2) is 23.6 Å². The van der Waals surface area contributed by atoms with Crippen molar-refractivity contribution >= 4 is 17.7 Å². The Morgan fingerprint density at radius 3 is 3.22 bits per heavy atom. The van der Waals surface area contributed by atoms with Crippen LogP contribution in [0.1, 0.15) is 6.42 Å². The number of hydrogen-bond donors (Lipinski definition) is 0. The van der Waals surface area contributed by atoms with E-state index in [1.807, 2.05) is 11.8 Å². The number of esters is 1. The quantitative estimate of drug-likeness (QED) is 0.467.